The Balaban J connectivity index is 2.04. The predicted molar refractivity (Wildman–Crippen MR) is 88.3 cm³/mol. The van der Waals surface area contributed by atoms with Gasteiger partial charge < -0.3 is 10.1 Å². The van der Waals surface area contributed by atoms with E-state index >= 15 is 0 Å². The molecule has 112 valence electrons. The van der Waals surface area contributed by atoms with Gasteiger partial charge in [-0.15, -0.1) is 0 Å². The summed E-state index contributed by atoms with van der Waals surface area (Å²) >= 11 is 3.68. The summed E-state index contributed by atoms with van der Waals surface area (Å²) in [5.74, 6) is 1.66. The summed E-state index contributed by atoms with van der Waals surface area (Å²) in [6.45, 7) is 7.60. The van der Waals surface area contributed by atoms with Crippen molar-refractivity contribution in [3.63, 3.8) is 0 Å². The van der Waals surface area contributed by atoms with E-state index < -0.39 is 0 Å². The van der Waals surface area contributed by atoms with Crippen LogP contribution in [0, 0.1) is 5.92 Å². The minimum Gasteiger partial charge on any atom is -0.490 e. The van der Waals surface area contributed by atoms with Gasteiger partial charge in [0.2, 0.25) is 0 Å². The molecule has 0 radical (unpaired) electrons. The molecule has 1 aliphatic carbocycles. The molecule has 20 heavy (non-hydrogen) atoms. The molecule has 1 aromatic carbocycles. The lowest BCUT2D eigenvalue weighted by molar-refractivity contribution is 0.102. The van der Waals surface area contributed by atoms with Crippen molar-refractivity contribution in [1.29, 1.82) is 0 Å². The predicted octanol–water partition coefficient (Wildman–Crippen LogP) is 5.08. The second kappa shape index (κ2) is 7.46. The third-order valence-corrected chi connectivity index (χ3v) is 4.96. The summed E-state index contributed by atoms with van der Waals surface area (Å²) in [6.07, 6.45) is 5.51. The van der Waals surface area contributed by atoms with E-state index in [4.69, 9.17) is 4.74 Å². The first kappa shape index (κ1) is 15.8. The first-order chi connectivity index (χ1) is 9.61. The second-order valence-corrected chi connectivity index (χ2v) is 6.74. The van der Waals surface area contributed by atoms with Crippen LogP contribution >= 0.6 is 15.9 Å². The van der Waals surface area contributed by atoms with Gasteiger partial charge in [0.05, 0.1) is 0 Å². The molecule has 1 N–H and O–H groups in total. The molecule has 0 saturated heterocycles. The molecule has 2 nitrogen and oxygen atoms in total. The fourth-order valence-electron chi connectivity index (χ4n) is 2.98. The summed E-state index contributed by atoms with van der Waals surface area (Å²) < 4.78 is 7.32. The van der Waals surface area contributed by atoms with Crippen LogP contribution < -0.4 is 10.1 Å². The Kier molecular flexibility index (Phi) is 5.91. The Labute approximate surface area is 131 Å². The number of ether oxygens (including phenoxy) is 1. The maximum atomic E-state index is 6.19. The van der Waals surface area contributed by atoms with Gasteiger partial charge in [0.15, 0.2) is 0 Å². The Hall–Kier alpha value is -0.540. The minimum absolute atomic E-state index is 0.358. The highest BCUT2D eigenvalue weighted by molar-refractivity contribution is 9.10. The molecule has 0 aromatic heterocycles. The molecule has 3 atom stereocenters. The van der Waals surface area contributed by atoms with Crippen molar-refractivity contribution in [2.24, 2.45) is 5.92 Å². The first-order valence-corrected chi connectivity index (χ1v) is 8.60. The van der Waals surface area contributed by atoms with Crippen LogP contribution in [-0.2, 0) is 0 Å². The number of rotatable bonds is 5. The molecule has 1 aromatic rings. The van der Waals surface area contributed by atoms with Gasteiger partial charge in [0.1, 0.15) is 11.9 Å². The van der Waals surface area contributed by atoms with E-state index in [9.17, 15) is 0 Å². The van der Waals surface area contributed by atoms with Crippen LogP contribution in [0.15, 0.2) is 22.7 Å². The lowest BCUT2D eigenvalue weighted by Crippen LogP contribution is -2.28. The van der Waals surface area contributed by atoms with Crippen LogP contribution in [0.5, 0.6) is 5.75 Å². The quantitative estimate of drug-likeness (QED) is 0.807. The van der Waals surface area contributed by atoms with Crippen molar-refractivity contribution in [2.45, 2.75) is 58.6 Å². The molecule has 0 amide bonds. The Morgan fingerprint density at radius 2 is 2.10 bits per heavy atom. The normalized spacial score (nSPS) is 24.4. The number of halogens is 1. The molecule has 0 aliphatic heterocycles. The fraction of sp³-hybridized carbons (Fsp3) is 0.647. The molecule has 1 fully saturated rings. The van der Waals surface area contributed by atoms with Crippen molar-refractivity contribution < 1.29 is 4.74 Å². The van der Waals surface area contributed by atoms with Crippen LogP contribution in [-0.4, -0.2) is 12.6 Å². The Bertz CT molecular complexity index is 435. The van der Waals surface area contributed by atoms with E-state index in [2.05, 4.69) is 60.2 Å². The zero-order valence-corrected chi connectivity index (χ0v) is 14.4. The van der Waals surface area contributed by atoms with Gasteiger partial charge in [0.25, 0.3) is 0 Å². The van der Waals surface area contributed by atoms with Crippen LogP contribution in [0.2, 0.25) is 0 Å². The number of hydrogen-bond donors (Lipinski definition) is 1. The zero-order chi connectivity index (χ0) is 14.5. The highest BCUT2D eigenvalue weighted by atomic mass is 79.9. The molecule has 2 rings (SSSR count). The molecule has 3 unspecified atom stereocenters. The average molecular weight is 340 g/mol. The van der Waals surface area contributed by atoms with Gasteiger partial charge in [-0.3, -0.25) is 0 Å². The molecular formula is C17H26BrNO. The molecule has 0 heterocycles. The molecule has 0 bridgehead atoms. The largest absolute Gasteiger partial charge is 0.490 e. The van der Waals surface area contributed by atoms with Crippen LogP contribution in [0.1, 0.15) is 58.1 Å². The Morgan fingerprint density at radius 3 is 2.75 bits per heavy atom. The molecule has 1 saturated carbocycles. The van der Waals surface area contributed by atoms with E-state index in [-0.39, 0.29) is 0 Å². The zero-order valence-electron chi connectivity index (χ0n) is 12.8. The molecule has 1 aliphatic rings. The van der Waals surface area contributed by atoms with Gasteiger partial charge >= 0.3 is 0 Å². The standard InChI is InChI=1S/C17H26BrNO/c1-4-19-13(3)15-10-9-14(11-16(15)18)20-17-8-6-5-7-12(17)2/h9-13,17,19H,4-8H2,1-3H3. The number of benzene rings is 1. The molecule has 0 spiro atoms. The van der Waals surface area contributed by atoms with Gasteiger partial charge in [-0.25, -0.2) is 0 Å². The monoisotopic (exact) mass is 339 g/mol. The lowest BCUT2D eigenvalue weighted by atomic mass is 9.88. The van der Waals surface area contributed by atoms with Crippen LogP contribution in [0.3, 0.4) is 0 Å². The third-order valence-electron chi connectivity index (χ3n) is 4.27. The Morgan fingerprint density at radius 1 is 1.35 bits per heavy atom. The fourth-order valence-corrected chi connectivity index (χ4v) is 3.68. The first-order valence-electron chi connectivity index (χ1n) is 7.81. The van der Waals surface area contributed by atoms with E-state index in [1.54, 1.807) is 0 Å². The summed E-state index contributed by atoms with van der Waals surface area (Å²) in [4.78, 5) is 0. The lowest BCUT2D eigenvalue weighted by Gasteiger charge is -2.29. The third kappa shape index (κ3) is 3.98. The van der Waals surface area contributed by atoms with Gasteiger partial charge in [0, 0.05) is 10.5 Å². The van der Waals surface area contributed by atoms with E-state index in [0.29, 0.717) is 18.1 Å². The summed E-state index contributed by atoms with van der Waals surface area (Å²) in [5.41, 5.74) is 1.29. The van der Waals surface area contributed by atoms with Crippen LogP contribution in [0.25, 0.3) is 0 Å². The van der Waals surface area contributed by atoms with E-state index in [1.807, 2.05) is 0 Å². The summed E-state index contributed by atoms with van der Waals surface area (Å²) in [5, 5.41) is 3.44. The average Bonchev–Trinajstić information content (AvgIpc) is 2.42. The molecule has 3 heteroatoms. The maximum Gasteiger partial charge on any atom is 0.120 e. The van der Waals surface area contributed by atoms with E-state index in [1.165, 1.54) is 31.2 Å². The van der Waals surface area contributed by atoms with Gasteiger partial charge in [-0.05, 0) is 56.3 Å². The smallest absolute Gasteiger partial charge is 0.120 e. The maximum absolute atomic E-state index is 6.19. The van der Waals surface area contributed by atoms with Gasteiger partial charge in [-0.1, -0.05) is 42.3 Å². The molecular weight excluding hydrogens is 314 g/mol. The topological polar surface area (TPSA) is 21.3 Å². The number of nitrogens with one attached hydrogen (secondary N) is 1. The van der Waals surface area contributed by atoms with Crippen molar-refractivity contribution in [3.8, 4) is 5.75 Å². The second-order valence-electron chi connectivity index (χ2n) is 5.88. The van der Waals surface area contributed by atoms with Crippen molar-refractivity contribution >= 4 is 15.9 Å². The number of hydrogen-bond acceptors (Lipinski definition) is 2. The van der Waals surface area contributed by atoms with Crippen LogP contribution in [0.4, 0.5) is 0 Å². The highest BCUT2D eigenvalue weighted by Crippen LogP contribution is 2.31. The highest BCUT2D eigenvalue weighted by Gasteiger charge is 2.23. The summed E-state index contributed by atoms with van der Waals surface area (Å²) in [7, 11) is 0. The summed E-state index contributed by atoms with van der Waals surface area (Å²) in [6, 6.07) is 6.75. The van der Waals surface area contributed by atoms with Crippen molar-refractivity contribution in [3.05, 3.63) is 28.2 Å². The van der Waals surface area contributed by atoms with E-state index in [0.717, 1.165) is 16.8 Å². The SMILES string of the molecule is CCNC(C)c1ccc(OC2CCCCC2C)cc1Br. The minimum atomic E-state index is 0.358. The van der Waals surface area contributed by atoms with Crippen molar-refractivity contribution in [1.82, 2.24) is 5.32 Å². The van der Waals surface area contributed by atoms with Crippen molar-refractivity contribution in [2.75, 3.05) is 6.54 Å². The van der Waals surface area contributed by atoms with Gasteiger partial charge in [-0.2, -0.15) is 0 Å².